The van der Waals surface area contributed by atoms with E-state index in [0.29, 0.717) is 4.48 Å². The maximum absolute atomic E-state index is 10.9. The number of carbonyl (C=O) groups is 2. The topological polar surface area (TPSA) is 78.5 Å². The van der Waals surface area contributed by atoms with E-state index < -0.39 is 5.97 Å². The van der Waals surface area contributed by atoms with Crippen LogP contribution in [0.15, 0.2) is 0 Å². The van der Waals surface area contributed by atoms with E-state index in [9.17, 15) is 14.7 Å². The fraction of sp³-hybridized carbons (Fsp3) is 0.909. The summed E-state index contributed by atoms with van der Waals surface area (Å²) in [5.41, 5.74) is 0. The molecule has 168 valence electrons. The molecule has 28 heavy (non-hydrogen) atoms. The van der Waals surface area contributed by atoms with Crippen molar-refractivity contribution in [2.75, 3.05) is 34.2 Å². The van der Waals surface area contributed by atoms with E-state index in [4.69, 9.17) is 4.74 Å². The Morgan fingerprint density at radius 2 is 1.36 bits per heavy atom. The summed E-state index contributed by atoms with van der Waals surface area (Å²) in [6.45, 7) is 6.77. The highest BCUT2D eigenvalue weighted by Gasteiger charge is 2.07. The molecule has 6 nitrogen and oxygen atoms in total. The van der Waals surface area contributed by atoms with Gasteiger partial charge in [0.2, 0.25) is 0 Å². The number of nitrogens with one attached hydrogen (secondary N) is 1. The number of quaternary nitrogens is 1. The van der Waals surface area contributed by atoms with Gasteiger partial charge in [-0.3, -0.25) is 10.1 Å². The Hall–Kier alpha value is -1.14. The van der Waals surface area contributed by atoms with Crippen LogP contribution in [-0.4, -0.2) is 56.9 Å². The van der Waals surface area contributed by atoms with Crippen LogP contribution in [-0.2, 0) is 14.3 Å². The van der Waals surface area contributed by atoms with Crippen molar-refractivity contribution in [3.8, 4) is 0 Å². The molecule has 1 unspecified atom stereocenters. The lowest BCUT2D eigenvalue weighted by Gasteiger charge is -2.23. The summed E-state index contributed by atoms with van der Waals surface area (Å²) in [6.07, 6.45) is 14.2. The van der Waals surface area contributed by atoms with Crippen LogP contribution in [0.4, 0.5) is 0 Å². The molecule has 6 heteroatoms. The third-order valence-corrected chi connectivity index (χ3v) is 4.18. The van der Waals surface area contributed by atoms with Gasteiger partial charge in [-0.25, -0.2) is 0 Å². The molecule has 0 rings (SSSR count). The number of likely N-dealkylation sites (N-methyl/N-ethyl adjacent to an activating group) is 1. The van der Waals surface area contributed by atoms with E-state index in [-0.39, 0.29) is 18.7 Å². The molecule has 0 amide bonds. The third kappa shape index (κ3) is 27.1. The van der Waals surface area contributed by atoms with E-state index in [0.717, 1.165) is 13.0 Å². The number of carbonyl (C=O) groups excluding carboxylic acids is 2. The number of hydrogen-bond donors (Lipinski definition) is 1. The number of carboxylic acids is 1. The van der Waals surface area contributed by atoms with E-state index >= 15 is 0 Å². The SMILES string of the molecule is CCCCCCCCCCCCNC(CC)OC(C)=O.C[N+](C)(C)CC(=O)[O-]. The van der Waals surface area contributed by atoms with Crippen molar-refractivity contribution in [1.82, 2.24) is 5.32 Å². The van der Waals surface area contributed by atoms with Crippen molar-refractivity contribution in [2.24, 2.45) is 0 Å². The third-order valence-electron chi connectivity index (χ3n) is 4.18. The maximum Gasteiger partial charge on any atom is 0.304 e. The van der Waals surface area contributed by atoms with Crippen LogP contribution < -0.4 is 10.4 Å². The van der Waals surface area contributed by atoms with Crippen molar-refractivity contribution in [2.45, 2.75) is 97.6 Å². The zero-order valence-electron chi connectivity index (χ0n) is 19.3. The number of carboxylic acid groups (broad SMARTS) is 1. The molecule has 0 bridgehead atoms. The molecule has 1 atom stereocenters. The summed E-state index contributed by atoms with van der Waals surface area (Å²) >= 11 is 0. The Labute approximate surface area is 173 Å². The first-order valence-electron chi connectivity index (χ1n) is 11.0. The zero-order valence-corrected chi connectivity index (χ0v) is 19.3. The van der Waals surface area contributed by atoms with E-state index in [2.05, 4.69) is 12.2 Å². The van der Waals surface area contributed by atoms with Crippen molar-refractivity contribution >= 4 is 11.9 Å². The van der Waals surface area contributed by atoms with Crippen LogP contribution >= 0.6 is 0 Å². The summed E-state index contributed by atoms with van der Waals surface area (Å²) < 4.78 is 5.56. The lowest BCUT2D eigenvalue weighted by Crippen LogP contribution is -2.45. The van der Waals surface area contributed by atoms with Gasteiger partial charge < -0.3 is 19.1 Å². The van der Waals surface area contributed by atoms with E-state index in [1.807, 2.05) is 6.92 Å². The van der Waals surface area contributed by atoms with Gasteiger partial charge in [-0.1, -0.05) is 71.6 Å². The Morgan fingerprint density at radius 1 is 0.893 bits per heavy atom. The zero-order chi connectivity index (χ0) is 21.8. The molecule has 0 aromatic carbocycles. The van der Waals surface area contributed by atoms with Gasteiger partial charge in [0.05, 0.1) is 27.1 Å². The second-order valence-electron chi connectivity index (χ2n) is 8.46. The highest BCUT2D eigenvalue weighted by molar-refractivity contribution is 5.66. The van der Waals surface area contributed by atoms with Gasteiger partial charge in [-0.2, -0.15) is 0 Å². The van der Waals surface area contributed by atoms with E-state index in [1.165, 1.54) is 71.1 Å². The summed E-state index contributed by atoms with van der Waals surface area (Å²) in [4.78, 5) is 20.7. The standard InChI is InChI=1S/C17H35NO2.C5H11NO2/c1-4-6-7-8-9-10-11-12-13-14-15-18-17(5-2)20-16(3)19;1-6(2,3)4-5(7)8/h17-18H,4-15H2,1-3H3;4H2,1-3H3. The normalized spacial score (nSPS) is 12.1. The highest BCUT2D eigenvalue weighted by atomic mass is 16.6. The number of esters is 1. The first-order chi connectivity index (χ1) is 13.1. The average molecular weight is 403 g/mol. The minimum atomic E-state index is -1.00. The quantitative estimate of drug-likeness (QED) is 0.186. The molecule has 0 saturated heterocycles. The molecule has 0 fully saturated rings. The fourth-order valence-electron chi connectivity index (χ4n) is 2.73. The molecule has 0 aromatic heterocycles. The van der Waals surface area contributed by atoms with Gasteiger partial charge in [0.1, 0.15) is 6.54 Å². The summed E-state index contributed by atoms with van der Waals surface area (Å²) in [7, 11) is 5.40. The fourth-order valence-corrected chi connectivity index (χ4v) is 2.73. The number of unbranched alkanes of at least 4 members (excludes halogenated alkanes) is 9. The van der Waals surface area contributed by atoms with Crippen LogP contribution in [0.2, 0.25) is 0 Å². The van der Waals surface area contributed by atoms with Gasteiger partial charge in [0.15, 0.2) is 6.23 Å². The Morgan fingerprint density at radius 3 is 1.68 bits per heavy atom. The predicted molar refractivity (Wildman–Crippen MR) is 114 cm³/mol. The van der Waals surface area contributed by atoms with Gasteiger partial charge in [-0.05, 0) is 19.4 Å². The highest BCUT2D eigenvalue weighted by Crippen LogP contribution is 2.10. The summed E-state index contributed by atoms with van der Waals surface area (Å²) in [5.74, 6) is -1.20. The minimum absolute atomic E-state index is 0.0694. The lowest BCUT2D eigenvalue weighted by molar-refractivity contribution is -0.864. The summed E-state index contributed by atoms with van der Waals surface area (Å²) in [5, 5.41) is 13.2. The second-order valence-corrected chi connectivity index (χ2v) is 8.46. The Bertz CT molecular complexity index is 381. The monoisotopic (exact) mass is 402 g/mol. The number of aliphatic carboxylic acids is 1. The number of ether oxygens (including phenoxy) is 1. The van der Waals surface area contributed by atoms with Crippen molar-refractivity contribution < 1.29 is 23.9 Å². The molecule has 0 radical (unpaired) electrons. The maximum atomic E-state index is 10.9. The van der Waals surface area contributed by atoms with Crippen LogP contribution in [0.1, 0.15) is 91.4 Å². The number of hydrogen-bond acceptors (Lipinski definition) is 5. The van der Waals surface area contributed by atoms with Crippen molar-refractivity contribution in [3.63, 3.8) is 0 Å². The molecule has 0 aromatic rings. The molecule has 1 N–H and O–H groups in total. The second kappa shape index (κ2) is 19.2. The minimum Gasteiger partial charge on any atom is -0.544 e. The van der Waals surface area contributed by atoms with Crippen LogP contribution in [0.25, 0.3) is 0 Å². The molecule has 0 saturated carbocycles. The molecule has 0 aliphatic carbocycles. The number of rotatable bonds is 16. The molecule has 0 spiro atoms. The van der Waals surface area contributed by atoms with Crippen molar-refractivity contribution in [3.05, 3.63) is 0 Å². The van der Waals surface area contributed by atoms with Crippen LogP contribution in [0.5, 0.6) is 0 Å². The Kier molecular flexibility index (Phi) is 19.9. The van der Waals surface area contributed by atoms with Gasteiger partial charge in [0.25, 0.3) is 0 Å². The number of nitrogens with zero attached hydrogens (tertiary/aromatic N) is 1. The largest absolute Gasteiger partial charge is 0.544 e. The average Bonchev–Trinajstić information content (AvgIpc) is 2.56. The Balaban J connectivity index is 0. The molecule has 0 aliphatic heterocycles. The van der Waals surface area contributed by atoms with E-state index in [1.54, 1.807) is 21.1 Å². The lowest BCUT2D eigenvalue weighted by atomic mass is 10.1. The smallest absolute Gasteiger partial charge is 0.304 e. The van der Waals surface area contributed by atoms with Gasteiger partial charge in [-0.15, -0.1) is 0 Å². The summed E-state index contributed by atoms with van der Waals surface area (Å²) in [6, 6.07) is 0. The molecular weight excluding hydrogens is 356 g/mol. The van der Waals surface area contributed by atoms with Crippen LogP contribution in [0.3, 0.4) is 0 Å². The first-order valence-corrected chi connectivity index (χ1v) is 11.0. The van der Waals surface area contributed by atoms with Crippen LogP contribution in [0, 0.1) is 0 Å². The molecular formula is C22H46N2O4. The van der Waals surface area contributed by atoms with Gasteiger partial charge in [0, 0.05) is 6.92 Å². The predicted octanol–water partition coefficient (Wildman–Crippen LogP) is 3.24. The molecule has 0 heterocycles. The first kappa shape index (κ1) is 29.1. The van der Waals surface area contributed by atoms with Crippen molar-refractivity contribution in [1.29, 1.82) is 0 Å². The van der Waals surface area contributed by atoms with Gasteiger partial charge >= 0.3 is 5.97 Å². The molecule has 0 aliphatic rings.